The monoisotopic (exact) mass is 376 g/mol. The van der Waals surface area contributed by atoms with E-state index in [2.05, 4.69) is 34.4 Å². The van der Waals surface area contributed by atoms with Gasteiger partial charge in [-0.3, -0.25) is 4.79 Å². The van der Waals surface area contributed by atoms with E-state index in [1.807, 2.05) is 55.5 Å². The Morgan fingerprint density at radius 1 is 1.07 bits per heavy atom. The second-order valence-corrected chi connectivity index (χ2v) is 6.54. The standard InChI is InChI=1S/C22H24N4O2/c1-4-28-17-11-9-16(10-12-17)24-22-23-14-13-20(26-22)21(27)25-19-8-6-5-7-18(19)15(2)3/h5-15H,4H2,1-3H3,(H,25,27)(H,23,24,26). The van der Waals surface area contributed by atoms with Crippen molar-refractivity contribution in [3.63, 3.8) is 0 Å². The van der Waals surface area contributed by atoms with Gasteiger partial charge in [0.25, 0.3) is 5.91 Å². The number of rotatable bonds is 7. The molecule has 0 unspecified atom stereocenters. The molecule has 0 aliphatic carbocycles. The zero-order valence-corrected chi connectivity index (χ0v) is 16.3. The first-order valence-electron chi connectivity index (χ1n) is 9.30. The van der Waals surface area contributed by atoms with E-state index in [0.717, 1.165) is 22.7 Å². The molecule has 6 heteroatoms. The van der Waals surface area contributed by atoms with E-state index in [1.165, 1.54) is 0 Å². The number of para-hydroxylation sites is 1. The number of hydrogen-bond donors (Lipinski definition) is 2. The van der Waals surface area contributed by atoms with Gasteiger partial charge in [0, 0.05) is 17.6 Å². The summed E-state index contributed by atoms with van der Waals surface area (Å²) < 4.78 is 5.43. The molecule has 1 amide bonds. The van der Waals surface area contributed by atoms with E-state index in [0.29, 0.717) is 24.2 Å². The Morgan fingerprint density at radius 3 is 2.54 bits per heavy atom. The second kappa shape index (κ2) is 8.99. The van der Waals surface area contributed by atoms with Gasteiger partial charge in [0.15, 0.2) is 0 Å². The normalized spacial score (nSPS) is 10.6. The quantitative estimate of drug-likeness (QED) is 0.607. The summed E-state index contributed by atoms with van der Waals surface area (Å²) in [5, 5.41) is 6.05. The number of amides is 1. The minimum atomic E-state index is -0.273. The van der Waals surface area contributed by atoms with Crippen molar-refractivity contribution in [2.45, 2.75) is 26.7 Å². The first-order valence-corrected chi connectivity index (χ1v) is 9.30. The first kappa shape index (κ1) is 19.4. The van der Waals surface area contributed by atoms with Crippen LogP contribution < -0.4 is 15.4 Å². The fourth-order valence-electron chi connectivity index (χ4n) is 2.78. The molecule has 0 radical (unpaired) electrons. The molecule has 0 saturated carbocycles. The number of hydrogen-bond acceptors (Lipinski definition) is 5. The van der Waals surface area contributed by atoms with Crippen molar-refractivity contribution in [2.75, 3.05) is 17.2 Å². The molecule has 0 fully saturated rings. The average molecular weight is 376 g/mol. The number of aromatic nitrogens is 2. The lowest BCUT2D eigenvalue weighted by Crippen LogP contribution is -2.16. The Balaban J connectivity index is 1.73. The summed E-state index contributed by atoms with van der Waals surface area (Å²) >= 11 is 0. The van der Waals surface area contributed by atoms with Crippen LogP contribution >= 0.6 is 0 Å². The molecule has 144 valence electrons. The summed E-state index contributed by atoms with van der Waals surface area (Å²) in [4.78, 5) is 21.2. The molecule has 0 bridgehead atoms. The SMILES string of the molecule is CCOc1ccc(Nc2nccc(C(=O)Nc3ccccc3C(C)C)n2)cc1. The molecule has 28 heavy (non-hydrogen) atoms. The highest BCUT2D eigenvalue weighted by Crippen LogP contribution is 2.24. The van der Waals surface area contributed by atoms with Crippen LogP contribution in [0, 0.1) is 0 Å². The van der Waals surface area contributed by atoms with Crippen LogP contribution in [-0.4, -0.2) is 22.5 Å². The third-order valence-corrected chi connectivity index (χ3v) is 4.14. The van der Waals surface area contributed by atoms with Gasteiger partial charge in [-0.2, -0.15) is 0 Å². The second-order valence-electron chi connectivity index (χ2n) is 6.54. The maximum absolute atomic E-state index is 12.7. The summed E-state index contributed by atoms with van der Waals surface area (Å²) in [6.45, 7) is 6.74. The lowest BCUT2D eigenvalue weighted by Gasteiger charge is -2.13. The Labute approximate surface area is 165 Å². The number of ether oxygens (including phenoxy) is 1. The fraction of sp³-hybridized carbons (Fsp3) is 0.227. The third kappa shape index (κ3) is 4.85. The van der Waals surface area contributed by atoms with Crippen molar-refractivity contribution >= 4 is 23.2 Å². The van der Waals surface area contributed by atoms with Gasteiger partial charge in [-0.15, -0.1) is 0 Å². The van der Waals surface area contributed by atoms with Crippen molar-refractivity contribution in [3.05, 3.63) is 72.1 Å². The van der Waals surface area contributed by atoms with Crippen molar-refractivity contribution in [1.29, 1.82) is 0 Å². The minimum absolute atomic E-state index is 0.273. The van der Waals surface area contributed by atoms with Crippen LogP contribution in [0.5, 0.6) is 5.75 Å². The number of nitrogens with one attached hydrogen (secondary N) is 2. The maximum Gasteiger partial charge on any atom is 0.274 e. The Bertz CT molecular complexity index is 939. The van der Waals surface area contributed by atoms with Crippen LogP contribution in [0.15, 0.2) is 60.8 Å². The van der Waals surface area contributed by atoms with Crippen molar-refractivity contribution in [1.82, 2.24) is 9.97 Å². The highest BCUT2D eigenvalue weighted by Gasteiger charge is 2.13. The Hall–Kier alpha value is -3.41. The van der Waals surface area contributed by atoms with Crippen molar-refractivity contribution < 1.29 is 9.53 Å². The third-order valence-electron chi connectivity index (χ3n) is 4.14. The molecule has 0 atom stereocenters. The van der Waals surface area contributed by atoms with E-state index in [-0.39, 0.29) is 5.91 Å². The Morgan fingerprint density at radius 2 is 1.82 bits per heavy atom. The minimum Gasteiger partial charge on any atom is -0.494 e. The highest BCUT2D eigenvalue weighted by molar-refractivity contribution is 6.03. The number of carbonyl (C=O) groups excluding carboxylic acids is 1. The molecule has 1 heterocycles. The molecule has 2 N–H and O–H groups in total. The Kier molecular flexibility index (Phi) is 6.22. The van der Waals surface area contributed by atoms with Gasteiger partial charge in [-0.1, -0.05) is 32.0 Å². The van der Waals surface area contributed by atoms with Gasteiger partial charge in [0.2, 0.25) is 5.95 Å². The number of benzene rings is 2. The molecule has 6 nitrogen and oxygen atoms in total. The lowest BCUT2D eigenvalue weighted by molar-refractivity contribution is 0.102. The average Bonchev–Trinajstić information content (AvgIpc) is 2.70. The van der Waals surface area contributed by atoms with Gasteiger partial charge < -0.3 is 15.4 Å². The first-order chi connectivity index (χ1) is 13.6. The molecule has 1 aromatic heterocycles. The predicted molar refractivity (Wildman–Crippen MR) is 111 cm³/mol. The van der Waals surface area contributed by atoms with Crippen LogP contribution in [-0.2, 0) is 0 Å². The van der Waals surface area contributed by atoms with Crippen LogP contribution in [0.2, 0.25) is 0 Å². The van der Waals surface area contributed by atoms with Gasteiger partial charge in [0.1, 0.15) is 11.4 Å². The van der Waals surface area contributed by atoms with Gasteiger partial charge >= 0.3 is 0 Å². The fourth-order valence-corrected chi connectivity index (χ4v) is 2.78. The van der Waals surface area contributed by atoms with Gasteiger partial charge in [0.05, 0.1) is 6.61 Å². The van der Waals surface area contributed by atoms with E-state index >= 15 is 0 Å². The van der Waals surface area contributed by atoms with Crippen LogP contribution in [0.4, 0.5) is 17.3 Å². The van der Waals surface area contributed by atoms with Crippen molar-refractivity contribution in [3.8, 4) is 5.75 Å². The smallest absolute Gasteiger partial charge is 0.274 e. The summed E-state index contributed by atoms with van der Waals surface area (Å²) in [6, 6.07) is 16.9. The summed E-state index contributed by atoms with van der Waals surface area (Å²) in [5.74, 6) is 1.18. The van der Waals surface area contributed by atoms with Gasteiger partial charge in [-0.05, 0) is 54.8 Å². The summed E-state index contributed by atoms with van der Waals surface area (Å²) in [5.41, 5.74) is 2.98. The zero-order chi connectivity index (χ0) is 19.9. The summed E-state index contributed by atoms with van der Waals surface area (Å²) in [6.07, 6.45) is 1.56. The van der Waals surface area contributed by atoms with E-state index < -0.39 is 0 Å². The van der Waals surface area contributed by atoms with Gasteiger partial charge in [-0.25, -0.2) is 9.97 Å². The predicted octanol–water partition coefficient (Wildman–Crippen LogP) is 4.99. The molecule has 0 aliphatic rings. The molecular formula is C22H24N4O2. The van der Waals surface area contributed by atoms with E-state index in [9.17, 15) is 4.79 Å². The van der Waals surface area contributed by atoms with Crippen LogP contribution in [0.25, 0.3) is 0 Å². The molecule has 2 aromatic carbocycles. The topological polar surface area (TPSA) is 76.1 Å². The lowest BCUT2D eigenvalue weighted by atomic mass is 10.0. The van der Waals surface area contributed by atoms with Crippen molar-refractivity contribution in [2.24, 2.45) is 0 Å². The highest BCUT2D eigenvalue weighted by atomic mass is 16.5. The molecule has 3 aromatic rings. The molecular weight excluding hydrogens is 352 g/mol. The molecule has 0 spiro atoms. The van der Waals surface area contributed by atoms with Crippen LogP contribution in [0.1, 0.15) is 42.7 Å². The largest absolute Gasteiger partial charge is 0.494 e. The molecule has 0 saturated heterocycles. The molecule has 0 aliphatic heterocycles. The maximum atomic E-state index is 12.7. The summed E-state index contributed by atoms with van der Waals surface area (Å²) in [7, 11) is 0. The van der Waals surface area contributed by atoms with Crippen LogP contribution in [0.3, 0.4) is 0 Å². The number of nitrogens with zero attached hydrogens (tertiary/aromatic N) is 2. The van der Waals surface area contributed by atoms with E-state index in [4.69, 9.17) is 4.74 Å². The molecule has 3 rings (SSSR count). The van der Waals surface area contributed by atoms with E-state index in [1.54, 1.807) is 12.3 Å². The number of carbonyl (C=O) groups is 1. The number of anilines is 3. The zero-order valence-electron chi connectivity index (χ0n) is 16.3.